The highest BCUT2D eigenvalue weighted by Crippen LogP contribution is 2.25. The third kappa shape index (κ3) is 2.20. The quantitative estimate of drug-likeness (QED) is 0.897. The van der Waals surface area contributed by atoms with Gasteiger partial charge in [0.15, 0.2) is 6.10 Å². The van der Waals surface area contributed by atoms with Crippen molar-refractivity contribution in [3.8, 4) is 0 Å². The van der Waals surface area contributed by atoms with Gasteiger partial charge in [0.25, 0.3) is 0 Å². The maximum atomic E-state index is 12.3. The maximum absolute atomic E-state index is 12.3. The van der Waals surface area contributed by atoms with Gasteiger partial charge >= 0.3 is 6.18 Å². The Kier molecular flexibility index (Phi) is 3.06. The van der Waals surface area contributed by atoms with Crippen molar-refractivity contribution in [1.29, 1.82) is 0 Å². The van der Waals surface area contributed by atoms with Gasteiger partial charge in [-0.2, -0.15) is 13.2 Å². The lowest BCUT2D eigenvalue weighted by atomic mass is 10.2. The van der Waals surface area contributed by atoms with Gasteiger partial charge in [-0.05, 0) is 18.6 Å². The van der Waals surface area contributed by atoms with Crippen LogP contribution >= 0.6 is 0 Å². The van der Waals surface area contributed by atoms with Crippen LogP contribution in [0.1, 0.15) is 11.4 Å². The van der Waals surface area contributed by atoms with Gasteiger partial charge in [0.05, 0.1) is 11.0 Å². The molecule has 1 N–H and O–H groups in total. The Hall–Kier alpha value is -1.56. The Morgan fingerprint density at radius 1 is 1.39 bits per heavy atom. The summed E-state index contributed by atoms with van der Waals surface area (Å²) in [5.41, 5.74) is 2.37. The van der Waals surface area contributed by atoms with E-state index in [9.17, 15) is 13.2 Å². The molecule has 6 heteroatoms. The fraction of sp³-hybridized carbons (Fsp3) is 0.417. The second-order valence-electron chi connectivity index (χ2n) is 4.29. The molecular formula is C12H13F3N2O. The number of aliphatic hydroxyl groups is 1. The van der Waals surface area contributed by atoms with Crippen molar-refractivity contribution in [3.05, 3.63) is 29.6 Å². The van der Waals surface area contributed by atoms with Gasteiger partial charge in [-0.3, -0.25) is 0 Å². The Bertz CT molecular complexity index is 574. The number of nitrogens with zero attached hydrogens (tertiary/aromatic N) is 2. The highest BCUT2D eigenvalue weighted by molar-refractivity contribution is 5.79. The summed E-state index contributed by atoms with van der Waals surface area (Å²) in [6, 6.07) is 5.41. The molecule has 2 aromatic rings. The van der Waals surface area contributed by atoms with E-state index in [1.54, 1.807) is 23.7 Å². The third-order valence-corrected chi connectivity index (χ3v) is 2.94. The van der Waals surface area contributed by atoms with E-state index in [1.807, 2.05) is 13.0 Å². The predicted octanol–water partition coefficient (Wildman–Crippen LogP) is 2.35. The maximum Gasteiger partial charge on any atom is 0.414 e. The van der Waals surface area contributed by atoms with Crippen LogP contribution in [0.25, 0.3) is 11.0 Å². The molecule has 2 rings (SSSR count). The highest BCUT2D eigenvalue weighted by Gasteiger charge is 2.39. The number of imidazole rings is 1. The van der Waals surface area contributed by atoms with E-state index in [1.165, 1.54) is 0 Å². The van der Waals surface area contributed by atoms with E-state index in [4.69, 9.17) is 5.11 Å². The number of hydrogen-bond acceptors (Lipinski definition) is 2. The molecule has 0 saturated carbocycles. The molecule has 98 valence electrons. The van der Waals surface area contributed by atoms with E-state index < -0.39 is 18.7 Å². The molecule has 0 aliphatic rings. The van der Waals surface area contributed by atoms with Crippen molar-refractivity contribution < 1.29 is 18.3 Å². The van der Waals surface area contributed by atoms with E-state index in [2.05, 4.69) is 4.98 Å². The number of fused-ring (bicyclic) bond motifs is 1. The summed E-state index contributed by atoms with van der Waals surface area (Å²) in [7, 11) is 1.65. The summed E-state index contributed by atoms with van der Waals surface area (Å²) in [4.78, 5) is 4.13. The van der Waals surface area contributed by atoms with Crippen molar-refractivity contribution in [3.63, 3.8) is 0 Å². The van der Waals surface area contributed by atoms with E-state index in [0.29, 0.717) is 5.52 Å². The van der Waals surface area contributed by atoms with Crippen molar-refractivity contribution in [1.82, 2.24) is 9.55 Å². The summed E-state index contributed by atoms with van der Waals surface area (Å²) in [5, 5.41) is 9.08. The standard InChI is InChI=1S/C12H13F3N2O/c1-7-4-3-5-8-11(7)17(2)10(16-8)6-9(18)12(13,14)15/h3-5,9,18H,6H2,1-2H3. The zero-order valence-electron chi connectivity index (χ0n) is 9.99. The number of hydrogen-bond donors (Lipinski definition) is 1. The molecule has 18 heavy (non-hydrogen) atoms. The molecule has 0 amide bonds. The van der Waals surface area contributed by atoms with Gasteiger partial charge in [-0.15, -0.1) is 0 Å². The number of halogens is 3. The molecule has 0 radical (unpaired) electrons. The number of aromatic nitrogens is 2. The summed E-state index contributed by atoms with van der Waals surface area (Å²) in [5.74, 6) is 0.226. The second-order valence-corrected chi connectivity index (χ2v) is 4.29. The Morgan fingerprint density at radius 3 is 2.61 bits per heavy atom. The average Bonchev–Trinajstić information content (AvgIpc) is 2.56. The molecule has 1 aromatic carbocycles. The second kappa shape index (κ2) is 4.28. The minimum atomic E-state index is -4.62. The largest absolute Gasteiger partial charge is 0.414 e. The van der Waals surface area contributed by atoms with Crippen LogP contribution in [0.5, 0.6) is 0 Å². The summed E-state index contributed by atoms with van der Waals surface area (Å²) in [6.07, 6.45) is -7.53. The van der Waals surface area contributed by atoms with Crippen LogP contribution < -0.4 is 0 Å². The van der Waals surface area contributed by atoms with Crippen LogP contribution in [0.3, 0.4) is 0 Å². The van der Waals surface area contributed by atoms with Crippen molar-refractivity contribution in [2.75, 3.05) is 0 Å². The first-order chi connectivity index (χ1) is 8.30. The number of aliphatic hydroxyl groups excluding tert-OH is 1. The first kappa shape index (κ1) is 12.9. The Morgan fingerprint density at radius 2 is 2.06 bits per heavy atom. The zero-order chi connectivity index (χ0) is 13.5. The molecule has 0 aliphatic carbocycles. The first-order valence-electron chi connectivity index (χ1n) is 5.46. The molecule has 0 spiro atoms. The van der Waals surface area contributed by atoms with Crippen LogP contribution in [-0.2, 0) is 13.5 Å². The average molecular weight is 258 g/mol. The molecule has 1 unspecified atom stereocenters. The van der Waals surface area contributed by atoms with Crippen molar-refractivity contribution >= 4 is 11.0 Å². The molecule has 1 atom stereocenters. The lowest BCUT2D eigenvalue weighted by Gasteiger charge is -2.14. The molecule has 0 bridgehead atoms. The van der Waals surface area contributed by atoms with Crippen molar-refractivity contribution in [2.24, 2.45) is 7.05 Å². The smallest absolute Gasteiger partial charge is 0.383 e. The summed E-state index contributed by atoms with van der Waals surface area (Å²) >= 11 is 0. The van der Waals surface area contributed by atoms with E-state index in [-0.39, 0.29) is 5.82 Å². The molecular weight excluding hydrogens is 245 g/mol. The van der Waals surface area contributed by atoms with Crippen molar-refractivity contribution in [2.45, 2.75) is 25.6 Å². The van der Waals surface area contributed by atoms with E-state index >= 15 is 0 Å². The Balaban J connectivity index is 2.41. The molecule has 0 fully saturated rings. The SMILES string of the molecule is Cc1cccc2nc(CC(O)C(F)(F)F)n(C)c12. The van der Waals surface area contributed by atoms with Crippen LogP contribution in [-0.4, -0.2) is 26.9 Å². The van der Waals surface area contributed by atoms with Gasteiger partial charge in [0.1, 0.15) is 5.82 Å². The highest BCUT2D eigenvalue weighted by atomic mass is 19.4. The predicted molar refractivity (Wildman–Crippen MR) is 61.2 cm³/mol. The fourth-order valence-electron chi connectivity index (χ4n) is 1.98. The monoisotopic (exact) mass is 258 g/mol. The van der Waals surface area contributed by atoms with E-state index in [0.717, 1.165) is 11.1 Å². The summed E-state index contributed by atoms with van der Waals surface area (Å²) in [6.45, 7) is 1.87. The topological polar surface area (TPSA) is 38.1 Å². The van der Waals surface area contributed by atoms with Crippen LogP contribution in [0, 0.1) is 6.92 Å². The van der Waals surface area contributed by atoms with Crippen LogP contribution in [0.15, 0.2) is 18.2 Å². The number of aryl methyl sites for hydroxylation is 2. The molecule has 0 saturated heterocycles. The normalized spacial score (nSPS) is 14.1. The molecule has 1 heterocycles. The van der Waals surface area contributed by atoms with Gasteiger partial charge in [-0.25, -0.2) is 4.98 Å². The zero-order valence-corrected chi connectivity index (χ0v) is 9.99. The molecule has 3 nitrogen and oxygen atoms in total. The number of alkyl halides is 3. The lowest BCUT2D eigenvalue weighted by molar-refractivity contribution is -0.203. The number of rotatable bonds is 2. The Labute approximate surface area is 102 Å². The third-order valence-electron chi connectivity index (χ3n) is 2.94. The number of para-hydroxylation sites is 1. The van der Waals surface area contributed by atoms with Crippen LogP contribution in [0.2, 0.25) is 0 Å². The molecule has 0 aliphatic heterocycles. The van der Waals surface area contributed by atoms with Gasteiger partial charge in [0.2, 0.25) is 0 Å². The van der Waals surface area contributed by atoms with Gasteiger partial charge in [0, 0.05) is 13.5 Å². The number of benzene rings is 1. The minimum Gasteiger partial charge on any atom is -0.383 e. The fourth-order valence-corrected chi connectivity index (χ4v) is 1.98. The van der Waals surface area contributed by atoms with Gasteiger partial charge in [-0.1, -0.05) is 12.1 Å². The molecule has 1 aromatic heterocycles. The van der Waals surface area contributed by atoms with Gasteiger partial charge < -0.3 is 9.67 Å². The lowest BCUT2D eigenvalue weighted by Crippen LogP contribution is -2.31. The van der Waals surface area contributed by atoms with Crippen LogP contribution in [0.4, 0.5) is 13.2 Å². The summed E-state index contributed by atoms with van der Waals surface area (Å²) < 4.78 is 38.5. The minimum absolute atomic E-state index is 0.226. The first-order valence-corrected chi connectivity index (χ1v) is 5.46.